The maximum Gasteiger partial charge on any atom is 0.409 e. The van der Waals surface area contributed by atoms with Crippen LogP contribution in [-0.4, -0.2) is 55.2 Å². The molecule has 134 valence electrons. The summed E-state index contributed by atoms with van der Waals surface area (Å²) in [7, 11) is 0. The maximum absolute atomic E-state index is 12.7. The molecule has 2 amide bonds. The molecular weight excluding hydrogens is 318 g/mol. The van der Waals surface area contributed by atoms with E-state index in [1.807, 2.05) is 28.9 Å². The predicted octanol–water partition coefficient (Wildman–Crippen LogP) is 2.58. The average Bonchev–Trinajstić information content (AvgIpc) is 2.90. The highest BCUT2D eigenvalue weighted by Crippen LogP contribution is 2.51. The second kappa shape index (κ2) is 5.93. The summed E-state index contributed by atoms with van der Waals surface area (Å²) in [5.41, 5.74) is 3.46. The molecule has 3 aliphatic rings. The van der Waals surface area contributed by atoms with Crippen molar-refractivity contribution in [2.75, 3.05) is 36.0 Å². The second-order valence-corrected chi connectivity index (χ2v) is 7.31. The fraction of sp³-hybridized carbons (Fsp3) is 0.579. The standard InChI is InChI=1S/C19H25N3O3/c1-4-25-19(24)20-9-8-15-14(10-20)13-6-5-7-16-18(13)21(15)11-17(23)22(16)12(2)3/h5-7,12,14-15H,4,8-11H2,1-3H3. The average molecular weight is 343 g/mol. The first-order valence-corrected chi connectivity index (χ1v) is 9.16. The number of para-hydroxylation sites is 1. The van der Waals surface area contributed by atoms with Gasteiger partial charge in [0.15, 0.2) is 0 Å². The van der Waals surface area contributed by atoms with Crippen LogP contribution in [0.2, 0.25) is 0 Å². The van der Waals surface area contributed by atoms with Crippen LogP contribution < -0.4 is 9.80 Å². The summed E-state index contributed by atoms with van der Waals surface area (Å²) in [6.07, 6.45) is 0.638. The molecule has 25 heavy (non-hydrogen) atoms. The Balaban J connectivity index is 1.71. The predicted molar refractivity (Wildman–Crippen MR) is 96.2 cm³/mol. The number of hydrogen-bond acceptors (Lipinski definition) is 4. The summed E-state index contributed by atoms with van der Waals surface area (Å²) >= 11 is 0. The van der Waals surface area contributed by atoms with Crippen LogP contribution in [0.15, 0.2) is 18.2 Å². The van der Waals surface area contributed by atoms with Gasteiger partial charge in [-0.25, -0.2) is 4.79 Å². The molecule has 6 nitrogen and oxygen atoms in total. The lowest BCUT2D eigenvalue weighted by Gasteiger charge is -2.42. The summed E-state index contributed by atoms with van der Waals surface area (Å²) in [6.45, 7) is 8.11. The van der Waals surface area contributed by atoms with Crippen molar-refractivity contribution in [3.05, 3.63) is 23.8 Å². The van der Waals surface area contributed by atoms with Gasteiger partial charge in [-0.05, 0) is 38.8 Å². The number of benzene rings is 1. The number of hydrogen-bond donors (Lipinski definition) is 0. The van der Waals surface area contributed by atoms with Crippen molar-refractivity contribution in [2.24, 2.45) is 0 Å². The topological polar surface area (TPSA) is 53.1 Å². The molecule has 2 atom stereocenters. The van der Waals surface area contributed by atoms with Gasteiger partial charge < -0.3 is 19.4 Å². The van der Waals surface area contributed by atoms with Crippen LogP contribution in [0.25, 0.3) is 0 Å². The van der Waals surface area contributed by atoms with E-state index in [0.29, 0.717) is 32.3 Å². The van der Waals surface area contributed by atoms with E-state index in [4.69, 9.17) is 4.74 Å². The Bertz CT molecular complexity index is 718. The van der Waals surface area contributed by atoms with Gasteiger partial charge in [-0.15, -0.1) is 0 Å². The molecule has 1 aromatic carbocycles. The lowest BCUT2D eigenvalue weighted by molar-refractivity contribution is -0.118. The molecule has 0 radical (unpaired) electrons. The van der Waals surface area contributed by atoms with Crippen LogP contribution in [0.4, 0.5) is 16.2 Å². The fourth-order valence-electron chi connectivity index (χ4n) is 4.64. The number of piperidine rings is 1. The number of amides is 2. The van der Waals surface area contributed by atoms with E-state index in [1.54, 1.807) is 0 Å². The van der Waals surface area contributed by atoms with Gasteiger partial charge >= 0.3 is 6.09 Å². The Kier molecular flexibility index (Phi) is 3.85. The summed E-state index contributed by atoms with van der Waals surface area (Å²) < 4.78 is 5.18. The number of anilines is 2. The molecule has 3 heterocycles. The van der Waals surface area contributed by atoms with Crippen LogP contribution in [0.3, 0.4) is 0 Å². The summed E-state index contributed by atoms with van der Waals surface area (Å²) in [4.78, 5) is 30.9. The minimum atomic E-state index is -0.230. The molecule has 0 N–H and O–H groups in total. The Morgan fingerprint density at radius 3 is 2.88 bits per heavy atom. The number of carbonyl (C=O) groups is 2. The third-order valence-electron chi connectivity index (χ3n) is 5.59. The van der Waals surface area contributed by atoms with E-state index in [0.717, 1.165) is 12.1 Å². The zero-order chi connectivity index (χ0) is 17.7. The van der Waals surface area contributed by atoms with E-state index >= 15 is 0 Å². The van der Waals surface area contributed by atoms with Crippen LogP contribution in [0.5, 0.6) is 0 Å². The fourth-order valence-corrected chi connectivity index (χ4v) is 4.64. The van der Waals surface area contributed by atoms with Crippen LogP contribution >= 0.6 is 0 Å². The number of fused-ring (bicyclic) bond motifs is 3. The van der Waals surface area contributed by atoms with Gasteiger partial charge in [-0.1, -0.05) is 12.1 Å². The Morgan fingerprint density at radius 2 is 2.16 bits per heavy atom. The first kappa shape index (κ1) is 16.2. The minimum absolute atomic E-state index is 0.139. The van der Waals surface area contributed by atoms with E-state index in [2.05, 4.69) is 24.8 Å². The molecule has 1 saturated heterocycles. The monoisotopic (exact) mass is 343 g/mol. The van der Waals surface area contributed by atoms with Crippen LogP contribution in [-0.2, 0) is 9.53 Å². The summed E-state index contributed by atoms with van der Waals surface area (Å²) in [5, 5.41) is 0. The van der Waals surface area contributed by atoms with Gasteiger partial charge in [0.2, 0.25) is 5.91 Å². The molecule has 1 fully saturated rings. The normalized spacial score (nSPS) is 24.5. The van der Waals surface area contributed by atoms with Gasteiger partial charge in [0.1, 0.15) is 0 Å². The molecular formula is C19H25N3O3. The number of carbonyl (C=O) groups excluding carboxylic acids is 2. The largest absolute Gasteiger partial charge is 0.450 e. The Labute approximate surface area is 148 Å². The molecule has 2 unspecified atom stereocenters. The molecule has 1 aromatic rings. The first-order valence-electron chi connectivity index (χ1n) is 9.16. The maximum atomic E-state index is 12.7. The first-order chi connectivity index (χ1) is 12.0. The van der Waals surface area contributed by atoms with E-state index in [1.165, 1.54) is 11.3 Å². The van der Waals surface area contributed by atoms with Gasteiger partial charge in [-0.2, -0.15) is 0 Å². The Morgan fingerprint density at radius 1 is 1.36 bits per heavy atom. The highest BCUT2D eigenvalue weighted by Gasteiger charge is 2.47. The highest BCUT2D eigenvalue weighted by atomic mass is 16.6. The van der Waals surface area contributed by atoms with Gasteiger partial charge in [0, 0.05) is 31.1 Å². The number of nitrogens with zero attached hydrogens (tertiary/aromatic N) is 3. The molecule has 0 aliphatic carbocycles. The molecule has 0 bridgehead atoms. The SMILES string of the molecule is CCOC(=O)N1CCC2C(C1)c1cccc3c1N2CC(=O)N3C(C)C. The quantitative estimate of drug-likeness (QED) is 0.828. The van der Waals surface area contributed by atoms with Crippen molar-refractivity contribution in [1.29, 1.82) is 0 Å². The van der Waals surface area contributed by atoms with Crippen molar-refractivity contribution >= 4 is 23.4 Å². The lowest BCUT2D eigenvalue weighted by atomic mass is 9.89. The van der Waals surface area contributed by atoms with E-state index in [9.17, 15) is 9.59 Å². The van der Waals surface area contributed by atoms with Crippen molar-refractivity contribution in [3.63, 3.8) is 0 Å². The molecule has 0 saturated carbocycles. The molecule has 4 rings (SSSR count). The van der Waals surface area contributed by atoms with Gasteiger partial charge in [0.25, 0.3) is 0 Å². The van der Waals surface area contributed by atoms with Crippen molar-refractivity contribution in [1.82, 2.24) is 4.90 Å². The Hall–Kier alpha value is -2.24. The molecule has 0 aromatic heterocycles. The van der Waals surface area contributed by atoms with E-state index < -0.39 is 0 Å². The van der Waals surface area contributed by atoms with Gasteiger partial charge in [0.05, 0.1) is 24.5 Å². The third kappa shape index (κ3) is 2.38. The molecule has 3 aliphatic heterocycles. The van der Waals surface area contributed by atoms with Crippen molar-refractivity contribution < 1.29 is 14.3 Å². The summed E-state index contributed by atoms with van der Waals surface area (Å²) in [6, 6.07) is 6.66. The smallest absolute Gasteiger partial charge is 0.409 e. The van der Waals surface area contributed by atoms with Gasteiger partial charge in [-0.3, -0.25) is 4.79 Å². The third-order valence-corrected chi connectivity index (χ3v) is 5.59. The van der Waals surface area contributed by atoms with E-state index in [-0.39, 0.29) is 24.0 Å². The van der Waals surface area contributed by atoms with Crippen LogP contribution in [0.1, 0.15) is 38.7 Å². The lowest BCUT2D eigenvalue weighted by Crippen LogP contribution is -2.53. The molecule has 6 heteroatoms. The number of rotatable bonds is 2. The molecule has 0 spiro atoms. The number of ether oxygens (including phenoxy) is 1. The zero-order valence-electron chi connectivity index (χ0n) is 15.1. The zero-order valence-corrected chi connectivity index (χ0v) is 15.1. The highest BCUT2D eigenvalue weighted by molar-refractivity contribution is 6.05. The minimum Gasteiger partial charge on any atom is -0.450 e. The second-order valence-electron chi connectivity index (χ2n) is 7.31. The van der Waals surface area contributed by atoms with Crippen LogP contribution in [0, 0.1) is 0 Å². The summed E-state index contributed by atoms with van der Waals surface area (Å²) in [5.74, 6) is 0.404. The van der Waals surface area contributed by atoms with Crippen molar-refractivity contribution in [2.45, 2.75) is 45.2 Å². The number of likely N-dealkylation sites (tertiary alicyclic amines) is 1. The van der Waals surface area contributed by atoms with Crippen molar-refractivity contribution in [3.8, 4) is 0 Å².